The molecule has 0 aliphatic rings. The van der Waals surface area contributed by atoms with Crippen molar-refractivity contribution < 1.29 is 9.53 Å². The first-order valence-corrected chi connectivity index (χ1v) is 8.90. The Morgan fingerprint density at radius 1 is 1.33 bits per heavy atom. The third kappa shape index (κ3) is 4.28. The van der Waals surface area contributed by atoms with E-state index in [-0.39, 0.29) is 17.9 Å². The zero-order chi connectivity index (χ0) is 17.7. The van der Waals surface area contributed by atoms with Gasteiger partial charge in [0.25, 0.3) is 0 Å². The summed E-state index contributed by atoms with van der Waals surface area (Å²) in [5.74, 6) is 0.776. The Hall–Kier alpha value is -2.04. The molecule has 5 heteroatoms. The highest BCUT2D eigenvalue weighted by molar-refractivity contribution is 5.96. The lowest BCUT2D eigenvalue weighted by atomic mass is 9.98. The molecule has 1 unspecified atom stereocenters. The van der Waals surface area contributed by atoms with Crippen LogP contribution in [0, 0.1) is 5.92 Å². The van der Waals surface area contributed by atoms with Gasteiger partial charge in [-0.25, -0.2) is 0 Å². The van der Waals surface area contributed by atoms with E-state index in [9.17, 15) is 4.79 Å². The Morgan fingerprint density at radius 2 is 2.08 bits per heavy atom. The molecule has 132 valence electrons. The summed E-state index contributed by atoms with van der Waals surface area (Å²) >= 11 is 0. The van der Waals surface area contributed by atoms with Crippen LogP contribution in [0.4, 0.5) is 5.69 Å². The fourth-order valence-electron chi connectivity index (χ4n) is 2.84. The Morgan fingerprint density at radius 3 is 2.71 bits per heavy atom. The monoisotopic (exact) mass is 331 g/mol. The van der Waals surface area contributed by atoms with Crippen molar-refractivity contribution in [3.8, 4) is 5.88 Å². The topological polar surface area (TPSA) is 56.1 Å². The van der Waals surface area contributed by atoms with Crippen LogP contribution in [0.25, 0.3) is 10.9 Å². The molecule has 1 atom stereocenters. The van der Waals surface area contributed by atoms with Gasteiger partial charge in [0.2, 0.25) is 11.8 Å². The number of carbonyl (C=O) groups excluding carboxylic acids is 1. The molecule has 0 bridgehead atoms. The van der Waals surface area contributed by atoms with Gasteiger partial charge in [-0.1, -0.05) is 26.7 Å². The van der Waals surface area contributed by atoms with Crippen molar-refractivity contribution in [3.05, 3.63) is 18.2 Å². The van der Waals surface area contributed by atoms with E-state index in [0.717, 1.165) is 42.3 Å². The van der Waals surface area contributed by atoms with E-state index in [1.165, 1.54) is 0 Å². The van der Waals surface area contributed by atoms with E-state index in [1.807, 2.05) is 39.1 Å². The van der Waals surface area contributed by atoms with Crippen LogP contribution in [0.1, 0.15) is 53.4 Å². The van der Waals surface area contributed by atoms with Crippen LogP contribution in [0.15, 0.2) is 18.2 Å². The van der Waals surface area contributed by atoms with Gasteiger partial charge in [-0.3, -0.25) is 9.48 Å². The molecule has 2 rings (SSSR count). The largest absolute Gasteiger partial charge is 0.473 e. The van der Waals surface area contributed by atoms with E-state index in [1.54, 1.807) is 4.68 Å². The number of ether oxygens (including phenoxy) is 1. The highest BCUT2D eigenvalue weighted by atomic mass is 16.5. The predicted molar refractivity (Wildman–Crippen MR) is 98.4 cm³/mol. The summed E-state index contributed by atoms with van der Waals surface area (Å²) in [5, 5.41) is 8.40. The molecule has 0 aliphatic heterocycles. The lowest BCUT2D eigenvalue weighted by molar-refractivity contribution is -0.120. The molecule has 0 spiro atoms. The number of hydrogen-bond acceptors (Lipinski definition) is 3. The van der Waals surface area contributed by atoms with Gasteiger partial charge in [0.1, 0.15) is 0 Å². The fraction of sp³-hybridized carbons (Fsp3) is 0.579. The van der Waals surface area contributed by atoms with Gasteiger partial charge in [0, 0.05) is 18.7 Å². The summed E-state index contributed by atoms with van der Waals surface area (Å²) in [6.45, 7) is 8.17. The third-order valence-electron chi connectivity index (χ3n) is 4.20. The quantitative estimate of drug-likeness (QED) is 0.774. The maximum atomic E-state index is 12.5. The number of anilines is 1. The lowest BCUT2D eigenvalue weighted by Gasteiger charge is -2.14. The molecule has 0 aliphatic carbocycles. The van der Waals surface area contributed by atoms with Crippen molar-refractivity contribution in [1.82, 2.24) is 9.78 Å². The summed E-state index contributed by atoms with van der Waals surface area (Å²) in [6, 6.07) is 5.84. The number of benzene rings is 1. The maximum absolute atomic E-state index is 12.5. The van der Waals surface area contributed by atoms with Crippen LogP contribution < -0.4 is 10.1 Å². The highest BCUT2D eigenvalue weighted by Crippen LogP contribution is 2.28. The van der Waals surface area contributed by atoms with Crippen LogP contribution in [0.3, 0.4) is 0 Å². The number of unbranched alkanes of at least 4 members (excludes halogenated alkanes) is 1. The van der Waals surface area contributed by atoms with Gasteiger partial charge >= 0.3 is 0 Å². The summed E-state index contributed by atoms with van der Waals surface area (Å²) in [6.07, 6.45) is 4.06. The number of hydrogen-bond donors (Lipinski definition) is 1. The molecule has 5 nitrogen and oxygen atoms in total. The van der Waals surface area contributed by atoms with Gasteiger partial charge in [0.05, 0.1) is 17.0 Å². The van der Waals surface area contributed by atoms with Gasteiger partial charge in [-0.2, -0.15) is 0 Å². The standard InChI is InChI=1S/C19H29N3O2/c1-6-8-9-14(7-2)18(23)20-15-10-11-17-16(12-15)19(21-22(17)5)24-13(3)4/h10-14H,6-9H2,1-5H3,(H,20,23). The lowest BCUT2D eigenvalue weighted by Crippen LogP contribution is -2.22. The second-order valence-electron chi connectivity index (χ2n) is 6.56. The number of carbonyl (C=O) groups is 1. The molecule has 2 aromatic rings. The van der Waals surface area contributed by atoms with Crippen LogP contribution in [-0.4, -0.2) is 21.8 Å². The Labute approximate surface area is 144 Å². The first-order chi connectivity index (χ1) is 11.5. The molecule has 0 radical (unpaired) electrons. The van der Waals surface area contributed by atoms with Crippen LogP contribution in [0.2, 0.25) is 0 Å². The van der Waals surface area contributed by atoms with Gasteiger partial charge in [-0.05, 0) is 44.9 Å². The van der Waals surface area contributed by atoms with Crippen molar-refractivity contribution >= 4 is 22.5 Å². The summed E-state index contributed by atoms with van der Waals surface area (Å²) in [7, 11) is 1.89. The summed E-state index contributed by atoms with van der Waals surface area (Å²) < 4.78 is 7.59. The smallest absolute Gasteiger partial charge is 0.241 e. The minimum atomic E-state index is 0.0554. The molecule has 1 aromatic carbocycles. The average Bonchev–Trinajstić information content (AvgIpc) is 2.83. The van der Waals surface area contributed by atoms with Crippen molar-refractivity contribution in [1.29, 1.82) is 0 Å². The zero-order valence-corrected chi connectivity index (χ0v) is 15.4. The number of fused-ring (bicyclic) bond motifs is 1. The van der Waals surface area contributed by atoms with E-state index >= 15 is 0 Å². The molecule has 0 saturated carbocycles. The number of nitrogens with zero attached hydrogens (tertiary/aromatic N) is 2. The molecular weight excluding hydrogens is 302 g/mol. The minimum absolute atomic E-state index is 0.0554. The number of aromatic nitrogens is 2. The second-order valence-corrected chi connectivity index (χ2v) is 6.56. The van der Waals surface area contributed by atoms with E-state index in [0.29, 0.717) is 5.88 Å². The highest BCUT2D eigenvalue weighted by Gasteiger charge is 2.17. The normalized spacial score (nSPS) is 12.6. The van der Waals surface area contributed by atoms with Crippen LogP contribution in [-0.2, 0) is 11.8 Å². The van der Waals surface area contributed by atoms with Gasteiger partial charge in [-0.15, -0.1) is 5.10 Å². The molecule has 1 aromatic heterocycles. The van der Waals surface area contributed by atoms with Gasteiger partial charge in [0.15, 0.2) is 0 Å². The maximum Gasteiger partial charge on any atom is 0.241 e. The molecule has 1 N–H and O–H groups in total. The van der Waals surface area contributed by atoms with Crippen LogP contribution >= 0.6 is 0 Å². The number of aryl methyl sites for hydroxylation is 1. The van der Waals surface area contributed by atoms with Crippen LogP contribution in [0.5, 0.6) is 5.88 Å². The van der Waals surface area contributed by atoms with E-state index in [2.05, 4.69) is 24.3 Å². The summed E-state index contributed by atoms with van der Waals surface area (Å²) in [4.78, 5) is 12.5. The minimum Gasteiger partial charge on any atom is -0.473 e. The van der Waals surface area contributed by atoms with E-state index < -0.39 is 0 Å². The first-order valence-electron chi connectivity index (χ1n) is 8.90. The van der Waals surface area contributed by atoms with Crippen molar-refractivity contribution in [2.24, 2.45) is 13.0 Å². The van der Waals surface area contributed by atoms with Gasteiger partial charge < -0.3 is 10.1 Å². The van der Waals surface area contributed by atoms with Crippen molar-refractivity contribution in [3.63, 3.8) is 0 Å². The second kappa shape index (κ2) is 8.18. The fourth-order valence-corrected chi connectivity index (χ4v) is 2.84. The molecular formula is C19H29N3O2. The zero-order valence-electron chi connectivity index (χ0n) is 15.4. The summed E-state index contributed by atoms with van der Waals surface area (Å²) in [5.41, 5.74) is 1.78. The Bertz CT molecular complexity index is 691. The average molecular weight is 331 g/mol. The first kappa shape index (κ1) is 18.3. The van der Waals surface area contributed by atoms with Crippen molar-refractivity contribution in [2.75, 3.05) is 5.32 Å². The third-order valence-corrected chi connectivity index (χ3v) is 4.20. The molecule has 0 fully saturated rings. The molecule has 1 amide bonds. The molecule has 24 heavy (non-hydrogen) atoms. The molecule has 1 heterocycles. The Balaban J connectivity index is 2.21. The number of nitrogens with one attached hydrogen (secondary N) is 1. The van der Waals surface area contributed by atoms with E-state index in [4.69, 9.17) is 4.74 Å². The Kier molecular flexibility index (Phi) is 6.23. The molecule has 0 saturated heterocycles. The predicted octanol–water partition coefficient (Wildman–Crippen LogP) is 4.52. The van der Waals surface area contributed by atoms with Crippen molar-refractivity contribution in [2.45, 2.75) is 59.5 Å². The number of amides is 1. The SMILES string of the molecule is CCCCC(CC)C(=O)Nc1ccc2c(c1)c(OC(C)C)nn2C. The number of rotatable bonds is 8.